The molecule has 2 atom stereocenters. The Balaban J connectivity index is 4.36. The first kappa shape index (κ1) is 16.2. The second kappa shape index (κ2) is 9.27. The lowest BCUT2D eigenvalue weighted by molar-refractivity contribution is 0.0709. The van der Waals surface area contributed by atoms with Crippen LogP contribution in [-0.4, -0.2) is 37.9 Å². The maximum absolute atomic E-state index is 5.91. The molecule has 16 heavy (non-hydrogen) atoms. The molecule has 0 aromatic rings. The van der Waals surface area contributed by atoms with Gasteiger partial charge in [0.1, 0.15) is 0 Å². The van der Waals surface area contributed by atoms with Gasteiger partial charge in [0, 0.05) is 26.5 Å². The lowest BCUT2D eigenvalue weighted by Gasteiger charge is -2.28. The summed E-state index contributed by atoms with van der Waals surface area (Å²) in [7, 11) is -1.46. The molecule has 0 aliphatic heterocycles. The molecule has 3 heteroatoms. The highest BCUT2D eigenvalue weighted by Gasteiger charge is 2.20. The van der Waals surface area contributed by atoms with Crippen LogP contribution in [0.5, 0.6) is 0 Å². The van der Waals surface area contributed by atoms with Gasteiger partial charge in [-0.2, -0.15) is 0 Å². The molecule has 0 heterocycles. The average Bonchev–Trinajstić information content (AvgIpc) is 2.18. The average molecular weight is 248 g/mol. The molecule has 0 aromatic heterocycles. The zero-order chi connectivity index (χ0) is 12.4. The van der Waals surface area contributed by atoms with Crippen LogP contribution in [0.4, 0.5) is 0 Å². The molecule has 0 fully saturated rings. The summed E-state index contributed by atoms with van der Waals surface area (Å²) in [4.78, 5) is 0. The Labute approximate surface area is 102 Å². The van der Waals surface area contributed by atoms with Crippen LogP contribution in [0.1, 0.15) is 47.0 Å². The molecule has 98 valence electrons. The highest BCUT2D eigenvalue weighted by molar-refractivity contribution is 7.69. The number of ether oxygens (including phenoxy) is 1. The van der Waals surface area contributed by atoms with Gasteiger partial charge in [-0.1, -0.05) is 33.0 Å². The van der Waals surface area contributed by atoms with Crippen molar-refractivity contribution >= 4 is 13.4 Å². The normalized spacial score (nSPS) is 17.0. The summed E-state index contributed by atoms with van der Waals surface area (Å²) >= 11 is 0. The van der Waals surface area contributed by atoms with Crippen LogP contribution in [0.25, 0.3) is 0 Å². The molecule has 0 spiro atoms. The monoisotopic (exact) mass is 248 g/mol. The van der Waals surface area contributed by atoms with Gasteiger partial charge in [0.15, 0.2) is 0 Å². The number of rotatable bonds is 10. The van der Waals surface area contributed by atoms with Crippen molar-refractivity contribution in [2.45, 2.75) is 53.1 Å². The van der Waals surface area contributed by atoms with Gasteiger partial charge >= 0.3 is 0 Å². The summed E-state index contributed by atoms with van der Waals surface area (Å²) in [6.07, 6.45) is 10.3. The second-order valence-corrected chi connectivity index (χ2v) is 7.43. The van der Waals surface area contributed by atoms with Crippen LogP contribution >= 0.6 is 7.11 Å². The van der Waals surface area contributed by atoms with E-state index in [1.807, 2.05) is 0 Å². The predicted molar refractivity (Wildman–Crippen MR) is 76.0 cm³/mol. The summed E-state index contributed by atoms with van der Waals surface area (Å²) in [6, 6.07) is 0. The van der Waals surface area contributed by atoms with E-state index in [9.17, 15) is 0 Å². The highest BCUT2D eigenvalue weighted by Crippen LogP contribution is 2.48. The fourth-order valence-electron chi connectivity index (χ4n) is 2.05. The Morgan fingerprint density at radius 3 is 2.19 bits per heavy atom. The van der Waals surface area contributed by atoms with Gasteiger partial charge in [0.05, 0.1) is 6.10 Å². The van der Waals surface area contributed by atoms with E-state index in [1.165, 1.54) is 6.42 Å². The van der Waals surface area contributed by atoms with Gasteiger partial charge in [-0.3, -0.25) is 0 Å². The molecule has 0 amide bonds. The van der Waals surface area contributed by atoms with Crippen molar-refractivity contribution in [1.29, 1.82) is 0 Å². The minimum absolute atomic E-state index is 0.346. The lowest BCUT2D eigenvalue weighted by atomic mass is 10.2. The van der Waals surface area contributed by atoms with Crippen molar-refractivity contribution in [2.75, 3.05) is 25.5 Å². The van der Waals surface area contributed by atoms with Crippen LogP contribution in [0.3, 0.4) is 0 Å². The van der Waals surface area contributed by atoms with E-state index in [2.05, 4.69) is 34.0 Å². The maximum atomic E-state index is 5.91. The molecule has 0 radical (unpaired) electrons. The van der Waals surface area contributed by atoms with Crippen LogP contribution in [0.15, 0.2) is 0 Å². The van der Waals surface area contributed by atoms with Gasteiger partial charge in [-0.25, -0.2) is 0 Å². The molecular weight excluding hydrogens is 219 g/mol. The van der Waals surface area contributed by atoms with E-state index < -0.39 is 7.11 Å². The largest absolute Gasteiger partial charge is 0.378 e. The van der Waals surface area contributed by atoms with E-state index >= 15 is 0 Å². The Kier molecular flexibility index (Phi) is 9.40. The number of hydrogen-bond acceptors (Lipinski definition) is 2. The third kappa shape index (κ3) is 6.73. The maximum Gasteiger partial charge on any atom is 0.0634 e. The molecule has 2 unspecified atom stereocenters. The fraction of sp³-hybridized carbons (Fsp3) is 0.923. The molecule has 0 N–H and O–H groups in total. The first-order valence-electron chi connectivity index (χ1n) is 6.59. The molecule has 0 aliphatic carbocycles. The van der Waals surface area contributed by atoms with E-state index in [4.69, 9.17) is 9.26 Å². The van der Waals surface area contributed by atoms with Crippen LogP contribution < -0.4 is 0 Å². The van der Waals surface area contributed by atoms with Gasteiger partial charge in [-0.15, -0.1) is 0 Å². The third-order valence-corrected chi connectivity index (χ3v) is 5.72. The predicted octanol–water partition coefficient (Wildman–Crippen LogP) is 4.00. The van der Waals surface area contributed by atoms with Crippen molar-refractivity contribution in [3.8, 4) is 0 Å². The van der Waals surface area contributed by atoms with Crippen molar-refractivity contribution in [1.82, 2.24) is 0 Å². The minimum atomic E-state index is -1.46. The van der Waals surface area contributed by atoms with Gasteiger partial charge in [-0.05, 0) is 26.4 Å². The summed E-state index contributed by atoms with van der Waals surface area (Å²) in [6.45, 7) is 10.1. The Hall–Kier alpha value is 0.220. The standard InChI is InChI=1S/C13H29O2P/c1-6-10-13(14-8-3)12-16(5,11-7-2)15-9-4/h13H,5-12H2,1-4H3. The zero-order valence-electron chi connectivity index (χ0n) is 11.5. The van der Waals surface area contributed by atoms with Gasteiger partial charge < -0.3 is 9.26 Å². The topological polar surface area (TPSA) is 18.5 Å². The molecule has 0 saturated carbocycles. The van der Waals surface area contributed by atoms with E-state index in [1.54, 1.807) is 0 Å². The van der Waals surface area contributed by atoms with Crippen molar-refractivity contribution < 1.29 is 9.26 Å². The molecule has 2 nitrogen and oxygen atoms in total. The van der Waals surface area contributed by atoms with Gasteiger partial charge in [0.2, 0.25) is 0 Å². The summed E-state index contributed by atoms with van der Waals surface area (Å²) in [5.41, 5.74) is 0. The quantitative estimate of drug-likeness (QED) is 0.544. The SMILES string of the molecule is C=P(CCC)(CC(CCC)OCC)OCC. The summed E-state index contributed by atoms with van der Waals surface area (Å²) < 4.78 is 11.7. The molecular formula is C13H29O2P. The van der Waals surface area contributed by atoms with E-state index in [0.29, 0.717) is 6.10 Å². The molecule has 0 saturated heterocycles. The van der Waals surface area contributed by atoms with Crippen LogP contribution in [0, 0.1) is 0 Å². The smallest absolute Gasteiger partial charge is 0.0634 e. The Morgan fingerprint density at radius 2 is 1.75 bits per heavy atom. The van der Waals surface area contributed by atoms with Gasteiger partial charge in [0.25, 0.3) is 0 Å². The van der Waals surface area contributed by atoms with Crippen molar-refractivity contribution in [2.24, 2.45) is 0 Å². The fourth-order valence-corrected chi connectivity index (χ4v) is 4.86. The number of hydrogen-bond donors (Lipinski definition) is 0. The summed E-state index contributed by atoms with van der Waals surface area (Å²) in [5.74, 6) is 0. The molecule has 0 bridgehead atoms. The van der Waals surface area contributed by atoms with Crippen molar-refractivity contribution in [3.63, 3.8) is 0 Å². The third-order valence-electron chi connectivity index (χ3n) is 2.58. The lowest BCUT2D eigenvalue weighted by Crippen LogP contribution is -2.19. The highest BCUT2D eigenvalue weighted by atomic mass is 31.2. The zero-order valence-corrected chi connectivity index (χ0v) is 12.4. The molecule has 0 aromatic carbocycles. The summed E-state index contributed by atoms with van der Waals surface area (Å²) in [5, 5.41) is 0. The molecule has 0 rings (SSSR count). The minimum Gasteiger partial charge on any atom is -0.378 e. The molecule has 0 aliphatic rings. The Bertz CT molecular complexity index is 188. The van der Waals surface area contributed by atoms with Crippen LogP contribution in [-0.2, 0) is 9.26 Å². The second-order valence-electron chi connectivity index (χ2n) is 4.25. The van der Waals surface area contributed by atoms with E-state index in [0.717, 1.165) is 38.4 Å². The van der Waals surface area contributed by atoms with Crippen LogP contribution in [0.2, 0.25) is 0 Å². The Morgan fingerprint density at radius 1 is 1.06 bits per heavy atom. The first-order valence-corrected chi connectivity index (χ1v) is 8.85. The van der Waals surface area contributed by atoms with Crippen molar-refractivity contribution in [3.05, 3.63) is 0 Å². The van der Waals surface area contributed by atoms with E-state index in [-0.39, 0.29) is 0 Å². The first-order chi connectivity index (χ1) is 7.61.